The molecule has 8 aromatic rings. The van der Waals surface area contributed by atoms with Gasteiger partial charge in [0.1, 0.15) is 0 Å². The SMILES string of the molecule is c1ccc(N2c3ccccc3B3c4ccc5c6c4N(c4c[se]cc4N6c4cccc6c4B5c4ccccc4N6c4ccccc4)c4cccc2c43)cc1. The summed E-state index contributed by atoms with van der Waals surface area (Å²) in [5, 5.41) is 0. The van der Waals surface area contributed by atoms with Gasteiger partial charge in [-0.1, -0.05) is 0 Å². The first kappa shape index (κ1) is 28.5. The van der Waals surface area contributed by atoms with E-state index in [1.807, 2.05) is 0 Å². The van der Waals surface area contributed by atoms with Gasteiger partial charge in [0.25, 0.3) is 0 Å². The quantitative estimate of drug-likeness (QED) is 0.174. The molecule has 5 aliphatic heterocycles. The zero-order chi connectivity index (χ0) is 34.4. The summed E-state index contributed by atoms with van der Waals surface area (Å²) in [6.07, 6.45) is 0. The van der Waals surface area contributed by atoms with Gasteiger partial charge >= 0.3 is 316 Å². The van der Waals surface area contributed by atoms with Gasteiger partial charge in [-0.15, -0.1) is 0 Å². The molecule has 0 aliphatic carbocycles. The van der Waals surface area contributed by atoms with Crippen molar-refractivity contribution in [3.63, 3.8) is 0 Å². The van der Waals surface area contributed by atoms with Crippen molar-refractivity contribution >= 4 is 129 Å². The van der Waals surface area contributed by atoms with Gasteiger partial charge in [0.2, 0.25) is 0 Å². The Kier molecular flexibility index (Phi) is 5.51. The normalized spacial score (nSPS) is 14.6. The minimum absolute atomic E-state index is 0.105. The first-order valence-electron chi connectivity index (χ1n) is 18.3. The maximum absolute atomic E-state index is 2.64. The molecule has 0 saturated heterocycles. The monoisotopic (exact) mass is 738 g/mol. The van der Waals surface area contributed by atoms with Crippen molar-refractivity contribution in [3.8, 4) is 0 Å². The summed E-state index contributed by atoms with van der Waals surface area (Å²) in [5.74, 6) is 0. The summed E-state index contributed by atoms with van der Waals surface area (Å²) in [7, 11) is 0. The van der Waals surface area contributed by atoms with Crippen LogP contribution in [0.2, 0.25) is 0 Å². The number of hydrogen-bond acceptors (Lipinski definition) is 4. The van der Waals surface area contributed by atoms with Crippen molar-refractivity contribution in [3.05, 3.63) is 168 Å². The number of nitrogens with zero attached hydrogens (tertiary/aromatic N) is 4. The Labute approximate surface area is 314 Å². The summed E-state index contributed by atoms with van der Waals surface area (Å²) in [6.45, 7) is 0.211. The second kappa shape index (κ2) is 10.3. The summed E-state index contributed by atoms with van der Waals surface area (Å²) >= 11 is 0.246. The Balaban J connectivity index is 1.12. The number of benzene rings is 7. The van der Waals surface area contributed by atoms with E-state index in [0.29, 0.717) is 0 Å². The molecular formula is C46H28B2N4Se. The van der Waals surface area contributed by atoms with Crippen LogP contribution in [0.1, 0.15) is 0 Å². The molecule has 0 saturated carbocycles. The molecule has 4 nitrogen and oxygen atoms in total. The second-order valence-corrected chi connectivity index (χ2v) is 16.1. The standard InChI is InChI=1S/C46H28B2N4Se/c1-3-13-29(14-4-1)49-35-19-9-7-17-31(35)47-33-25-26-34-46-45(33)51(39-23-11-21-37(49)43(39)47)41-27-53-28-42(41)52(46)40-24-12-22-38-44(40)48(34)32-18-8-10-20-36(32)50(38)30-15-5-2-6-16-30/h1-28H. The number of para-hydroxylation sites is 4. The van der Waals surface area contributed by atoms with E-state index in [1.54, 1.807) is 0 Å². The third kappa shape index (κ3) is 3.50. The van der Waals surface area contributed by atoms with Gasteiger partial charge in [-0.2, -0.15) is 0 Å². The predicted molar refractivity (Wildman–Crippen MR) is 225 cm³/mol. The summed E-state index contributed by atoms with van der Waals surface area (Å²) in [6, 6.07) is 58.8. The van der Waals surface area contributed by atoms with Gasteiger partial charge in [0, 0.05) is 0 Å². The van der Waals surface area contributed by atoms with Crippen LogP contribution >= 0.6 is 0 Å². The second-order valence-electron chi connectivity index (χ2n) is 14.5. The van der Waals surface area contributed by atoms with Crippen LogP contribution in [0.15, 0.2) is 168 Å². The van der Waals surface area contributed by atoms with Crippen LogP contribution in [0.5, 0.6) is 0 Å². The molecule has 0 bridgehead atoms. The summed E-state index contributed by atoms with van der Waals surface area (Å²) in [5.41, 5.74) is 23.5. The van der Waals surface area contributed by atoms with Gasteiger partial charge in [-0.05, 0) is 0 Å². The zero-order valence-corrected chi connectivity index (χ0v) is 30.2. The van der Waals surface area contributed by atoms with E-state index in [-0.39, 0.29) is 27.9 Å². The molecule has 0 atom stereocenters. The Morgan fingerprint density at radius 2 is 0.679 bits per heavy atom. The average Bonchev–Trinajstić information content (AvgIpc) is 3.71. The average molecular weight is 737 g/mol. The van der Waals surface area contributed by atoms with Crippen molar-refractivity contribution in [1.29, 1.82) is 0 Å². The van der Waals surface area contributed by atoms with Crippen molar-refractivity contribution in [1.82, 2.24) is 0 Å². The zero-order valence-electron chi connectivity index (χ0n) is 28.5. The van der Waals surface area contributed by atoms with Crippen LogP contribution in [0.4, 0.5) is 68.2 Å². The molecule has 7 aromatic carbocycles. The first-order valence-corrected chi connectivity index (χ1v) is 20.3. The van der Waals surface area contributed by atoms with Gasteiger partial charge in [0.15, 0.2) is 0 Å². The van der Waals surface area contributed by atoms with Gasteiger partial charge in [0.05, 0.1) is 0 Å². The van der Waals surface area contributed by atoms with Crippen molar-refractivity contribution < 1.29 is 0 Å². The van der Waals surface area contributed by atoms with E-state index in [4.69, 9.17) is 0 Å². The number of hydrogen-bond donors (Lipinski definition) is 0. The predicted octanol–water partition coefficient (Wildman–Crippen LogP) is 7.22. The van der Waals surface area contributed by atoms with Crippen LogP contribution in [-0.2, 0) is 0 Å². The number of fused-ring (bicyclic) bond motifs is 11. The molecule has 0 N–H and O–H groups in total. The van der Waals surface area contributed by atoms with Crippen LogP contribution in [0.25, 0.3) is 0 Å². The topological polar surface area (TPSA) is 13.0 Å². The Morgan fingerprint density at radius 3 is 1.13 bits per heavy atom. The third-order valence-electron chi connectivity index (χ3n) is 12.1. The van der Waals surface area contributed by atoms with E-state index < -0.39 is 0 Å². The molecule has 6 heterocycles. The Morgan fingerprint density at radius 1 is 0.302 bits per heavy atom. The molecule has 13 rings (SSSR count). The Hall–Kier alpha value is -6.13. The first-order chi connectivity index (χ1) is 26.4. The van der Waals surface area contributed by atoms with E-state index >= 15 is 0 Å². The molecule has 7 heteroatoms. The minimum atomic E-state index is 0.105. The maximum atomic E-state index is 2.64. The van der Waals surface area contributed by atoms with Crippen LogP contribution in [0, 0.1) is 0 Å². The molecule has 0 amide bonds. The molecule has 1 aromatic heterocycles. The van der Waals surface area contributed by atoms with E-state index in [2.05, 4.69) is 187 Å². The molecule has 0 radical (unpaired) electrons. The van der Waals surface area contributed by atoms with Crippen molar-refractivity contribution in [2.45, 2.75) is 0 Å². The molecular weight excluding hydrogens is 709 g/mol. The summed E-state index contributed by atoms with van der Waals surface area (Å²) in [4.78, 5) is 15.2. The van der Waals surface area contributed by atoms with Crippen molar-refractivity contribution in [2.75, 3.05) is 19.6 Å². The molecule has 53 heavy (non-hydrogen) atoms. The van der Waals surface area contributed by atoms with E-state index in [1.165, 1.54) is 101 Å². The molecule has 0 fully saturated rings. The van der Waals surface area contributed by atoms with Crippen LogP contribution < -0.4 is 52.4 Å². The van der Waals surface area contributed by atoms with Gasteiger partial charge < -0.3 is 0 Å². The van der Waals surface area contributed by atoms with E-state index in [0.717, 1.165) is 0 Å². The van der Waals surface area contributed by atoms with Gasteiger partial charge in [-0.25, -0.2) is 0 Å². The number of anilines is 12. The van der Waals surface area contributed by atoms with E-state index in [9.17, 15) is 0 Å². The Bertz CT molecular complexity index is 2660. The van der Waals surface area contributed by atoms with Crippen LogP contribution in [0.3, 0.4) is 0 Å². The fourth-order valence-electron chi connectivity index (χ4n) is 10.2. The summed E-state index contributed by atoms with van der Waals surface area (Å²) < 4.78 is 0. The van der Waals surface area contributed by atoms with Crippen molar-refractivity contribution in [2.24, 2.45) is 0 Å². The molecule has 0 unspecified atom stereocenters. The fourth-order valence-corrected chi connectivity index (χ4v) is 11.8. The van der Waals surface area contributed by atoms with Crippen LogP contribution in [-0.4, -0.2) is 27.9 Å². The molecule has 244 valence electrons. The molecule has 5 aliphatic rings. The number of rotatable bonds is 2. The van der Waals surface area contributed by atoms with Gasteiger partial charge in [-0.3, -0.25) is 0 Å². The fraction of sp³-hybridized carbons (Fsp3) is 0. The third-order valence-corrected chi connectivity index (χ3v) is 13.6. The molecule has 0 spiro atoms.